The molecule has 22 heavy (non-hydrogen) atoms. The summed E-state index contributed by atoms with van der Waals surface area (Å²) >= 11 is 1.77. The van der Waals surface area contributed by atoms with Crippen molar-refractivity contribution in [3.8, 4) is 0 Å². The molecule has 5 heteroatoms. The molecule has 0 saturated carbocycles. The summed E-state index contributed by atoms with van der Waals surface area (Å²) in [6.45, 7) is 5.38. The lowest BCUT2D eigenvalue weighted by Crippen LogP contribution is -2.43. The molecule has 0 atom stereocenters. The molecule has 1 aromatic heterocycles. The van der Waals surface area contributed by atoms with Gasteiger partial charge in [-0.2, -0.15) is 4.31 Å². The normalized spacial score (nSPS) is 19.2. The van der Waals surface area contributed by atoms with Crippen LogP contribution in [0.5, 0.6) is 0 Å². The number of piperidine rings is 1. The van der Waals surface area contributed by atoms with Crippen LogP contribution >= 0.6 is 11.3 Å². The highest BCUT2D eigenvalue weighted by Crippen LogP contribution is 2.38. The Bertz CT molecular complexity index is 725. The van der Waals surface area contributed by atoms with Crippen molar-refractivity contribution < 1.29 is 8.42 Å². The summed E-state index contributed by atoms with van der Waals surface area (Å²) in [5.74, 6) is 0. The highest BCUT2D eigenvalue weighted by atomic mass is 32.2. The van der Waals surface area contributed by atoms with Crippen molar-refractivity contribution in [3.05, 3.63) is 52.2 Å². The van der Waals surface area contributed by atoms with E-state index in [1.807, 2.05) is 19.1 Å². The number of aryl methyl sites for hydroxylation is 1. The first kappa shape index (κ1) is 15.7. The van der Waals surface area contributed by atoms with Crippen LogP contribution in [-0.2, 0) is 15.4 Å². The molecule has 1 aliphatic rings. The monoisotopic (exact) mass is 335 g/mol. The second-order valence-electron chi connectivity index (χ2n) is 6.26. The molecule has 0 amide bonds. The Kier molecular flexibility index (Phi) is 4.14. The quantitative estimate of drug-likeness (QED) is 0.855. The van der Waals surface area contributed by atoms with Gasteiger partial charge in [0.1, 0.15) is 0 Å². The van der Waals surface area contributed by atoms with Gasteiger partial charge in [0, 0.05) is 23.4 Å². The van der Waals surface area contributed by atoms with E-state index in [-0.39, 0.29) is 5.41 Å². The van der Waals surface area contributed by atoms with Gasteiger partial charge in [0.15, 0.2) is 0 Å². The van der Waals surface area contributed by atoms with E-state index in [9.17, 15) is 8.42 Å². The minimum absolute atomic E-state index is 0.105. The third-order valence-electron chi connectivity index (χ3n) is 4.60. The van der Waals surface area contributed by atoms with Crippen LogP contribution in [0, 0.1) is 6.92 Å². The zero-order valence-corrected chi connectivity index (χ0v) is 14.6. The summed E-state index contributed by atoms with van der Waals surface area (Å²) < 4.78 is 27.1. The number of hydrogen-bond acceptors (Lipinski definition) is 3. The fourth-order valence-electron chi connectivity index (χ4n) is 2.95. The maximum Gasteiger partial charge on any atom is 0.243 e. The number of nitrogens with zero attached hydrogens (tertiary/aromatic N) is 1. The minimum Gasteiger partial charge on any atom is -0.207 e. The SMILES string of the molecule is Cc1ccc(S(=O)(=O)N2CCC(C)(c3cccs3)CC2)cc1. The largest absolute Gasteiger partial charge is 0.243 e. The predicted octanol–water partition coefficient (Wildman–Crippen LogP) is 3.80. The zero-order chi connectivity index (χ0) is 15.8. The molecule has 1 aliphatic heterocycles. The highest BCUT2D eigenvalue weighted by molar-refractivity contribution is 7.89. The molecule has 0 spiro atoms. The van der Waals surface area contributed by atoms with Gasteiger partial charge in [0.2, 0.25) is 10.0 Å². The van der Waals surface area contributed by atoms with Gasteiger partial charge in [0.25, 0.3) is 0 Å². The van der Waals surface area contributed by atoms with Gasteiger partial charge < -0.3 is 0 Å². The number of sulfonamides is 1. The van der Waals surface area contributed by atoms with Crippen molar-refractivity contribution in [2.45, 2.75) is 37.0 Å². The summed E-state index contributed by atoms with van der Waals surface area (Å²) in [7, 11) is -3.36. The van der Waals surface area contributed by atoms with Gasteiger partial charge in [0.05, 0.1) is 4.90 Å². The first-order valence-corrected chi connectivity index (χ1v) is 9.85. The fraction of sp³-hybridized carbons (Fsp3) is 0.412. The third-order valence-corrected chi connectivity index (χ3v) is 7.69. The molecule has 0 radical (unpaired) electrons. The highest BCUT2D eigenvalue weighted by Gasteiger charge is 2.36. The molecule has 0 unspecified atom stereocenters. The summed E-state index contributed by atoms with van der Waals surface area (Å²) in [5, 5.41) is 2.09. The molecule has 2 heterocycles. The van der Waals surface area contributed by atoms with E-state index in [4.69, 9.17) is 0 Å². The van der Waals surface area contributed by atoms with E-state index in [1.54, 1.807) is 27.8 Å². The Morgan fingerprint density at radius 2 is 1.73 bits per heavy atom. The molecule has 2 aromatic rings. The molecule has 3 nitrogen and oxygen atoms in total. The van der Waals surface area contributed by atoms with Crippen molar-refractivity contribution in [3.63, 3.8) is 0 Å². The van der Waals surface area contributed by atoms with Gasteiger partial charge in [-0.3, -0.25) is 0 Å². The van der Waals surface area contributed by atoms with E-state index < -0.39 is 10.0 Å². The van der Waals surface area contributed by atoms with Crippen LogP contribution in [0.3, 0.4) is 0 Å². The van der Waals surface area contributed by atoms with Crippen LogP contribution in [0.2, 0.25) is 0 Å². The molecular formula is C17H21NO2S2. The maximum absolute atomic E-state index is 12.7. The van der Waals surface area contributed by atoms with E-state index in [0.29, 0.717) is 18.0 Å². The summed E-state index contributed by atoms with van der Waals surface area (Å²) in [6, 6.07) is 11.4. The maximum atomic E-state index is 12.7. The molecule has 0 bridgehead atoms. The lowest BCUT2D eigenvalue weighted by Gasteiger charge is -2.38. The van der Waals surface area contributed by atoms with Crippen molar-refractivity contribution in [2.24, 2.45) is 0 Å². The van der Waals surface area contributed by atoms with E-state index in [1.165, 1.54) is 4.88 Å². The lowest BCUT2D eigenvalue weighted by molar-refractivity contribution is 0.252. The molecule has 0 N–H and O–H groups in total. The summed E-state index contributed by atoms with van der Waals surface area (Å²) in [5.41, 5.74) is 1.18. The van der Waals surface area contributed by atoms with E-state index in [2.05, 4.69) is 24.4 Å². The van der Waals surface area contributed by atoms with Gasteiger partial charge in [-0.15, -0.1) is 11.3 Å². The van der Waals surface area contributed by atoms with Gasteiger partial charge in [-0.1, -0.05) is 30.7 Å². The number of rotatable bonds is 3. The van der Waals surface area contributed by atoms with Crippen LogP contribution in [-0.4, -0.2) is 25.8 Å². The summed E-state index contributed by atoms with van der Waals surface area (Å²) in [6.07, 6.45) is 1.75. The molecule has 3 rings (SSSR count). The number of hydrogen-bond donors (Lipinski definition) is 0. The Labute approximate surface area is 136 Å². The van der Waals surface area contributed by atoms with Crippen molar-refractivity contribution >= 4 is 21.4 Å². The zero-order valence-electron chi connectivity index (χ0n) is 13.0. The topological polar surface area (TPSA) is 37.4 Å². The van der Waals surface area contributed by atoms with Crippen LogP contribution in [0.25, 0.3) is 0 Å². The summed E-state index contributed by atoms with van der Waals surface area (Å²) in [4.78, 5) is 1.76. The van der Waals surface area contributed by atoms with Crippen molar-refractivity contribution in [2.75, 3.05) is 13.1 Å². The first-order chi connectivity index (χ1) is 10.4. The van der Waals surface area contributed by atoms with Crippen molar-refractivity contribution in [1.82, 2.24) is 4.31 Å². The second-order valence-corrected chi connectivity index (χ2v) is 9.14. The molecule has 1 saturated heterocycles. The Morgan fingerprint density at radius 1 is 1.09 bits per heavy atom. The van der Waals surface area contributed by atoms with Crippen LogP contribution in [0.4, 0.5) is 0 Å². The second kappa shape index (κ2) is 5.80. The number of thiophene rings is 1. The third kappa shape index (κ3) is 2.85. The number of benzene rings is 1. The molecule has 0 aliphatic carbocycles. The van der Waals surface area contributed by atoms with Crippen LogP contribution in [0.1, 0.15) is 30.2 Å². The predicted molar refractivity (Wildman–Crippen MR) is 90.8 cm³/mol. The fourth-order valence-corrected chi connectivity index (χ4v) is 5.34. The molecule has 1 aromatic carbocycles. The minimum atomic E-state index is -3.36. The van der Waals surface area contributed by atoms with Crippen LogP contribution < -0.4 is 0 Å². The smallest absolute Gasteiger partial charge is 0.207 e. The molecular weight excluding hydrogens is 314 g/mol. The Balaban J connectivity index is 1.77. The van der Waals surface area contributed by atoms with Gasteiger partial charge in [-0.25, -0.2) is 8.42 Å². The average molecular weight is 335 g/mol. The Hall–Kier alpha value is -1.17. The van der Waals surface area contributed by atoms with E-state index >= 15 is 0 Å². The van der Waals surface area contributed by atoms with Crippen molar-refractivity contribution in [1.29, 1.82) is 0 Å². The van der Waals surface area contributed by atoms with E-state index in [0.717, 1.165) is 18.4 Å². The molecule has 118 valence electrons. The van der Waals surface area contributed by atoms with Gasteiger partial charge >= 0.3 is 0 Å². The molecule has 1 fully saturated rings. The standard InChI is InChI=1S/C17H21NO2S2/c1-14-5-7-15(8-6-14)22(19,20)18-11-9-17(2,10-12-18)16-4-3-13-21-16/h3-8,13H,9-12H2,1-2H3. The van der Waals surface area contributed by atoms with Gasteiger partial charge in [-0.05, 0) is 43.3 Å². The lowest BCUT2D eigenvalue weighted by atomic mass is 9.80. The first-order valence-electron chi connectivity index (χ1n) is 7.53. The Morgan fingerprint density at radius 3 is 2.27 bits per heavy atom. The average Bonchev–Trinajstić information content (AvgIpc) is 3.03. The van der Waals surface area contributed by atoms with Crippen LogP contribution in [0.15, 0.2) is 46.7 Å².